The summed E-state index contributed by atoms with van der Waals surface area (Å²) in [4.78, 5) is 8.00. The van der Waals surface area contributed by atoms with Gasteiger partial charge in [-0.25, -0.2) is 0 Å². The predicted octanol–water partition coefficient (Wildman–Crippen LogP) is 3.60. The molecule has 0 aliphatic heterocycles. The van der Waals surface area contributed by atoms with Gasteiger partial charge in [-0.3, -0.25) is 0 Å². The number of benzene rings is 1. The second-order valence-electron chi connectivity index (χ2n) is 1.80. The summed E-state index contributed by atoms with van der Waals surface area (Å²) in [5.74, 6) is 0. The molecule has 0 saturated heterocycles. The standard InChI is InChI=1S/C7H7Br.C2H6.CH2O/c1-6-3-2-4-7(8)5-6;2*1-2/h2-5H,1H3;1-2H3;1H2. The lowest BCUT2D eigenvalue weighted by molar-refractivity contribution is -0.0979. The van der Waals surface area contributed by atoms with E-state index in [0.717, 1.165) is 4.47 Å². The van der Waals surface area contributed by atoms with Gasteiger partial charge in [-0.15, -0.1) is 0 Å². The molecule has 2 heteroatoms. The molecule has 0 aliphatic carbocycles. The molecule has 68 valence electrons. The highest BCUT2D eigenvalue weighted by Gasteiger charge is 1.82. The van der Waals surface area contributed by atoms with Gasteiger partial charge < -0.3 is 4.79 Å². The van der Waals surface area contributed by atoms with E-state index in [1.165, 1.54) is 5.56 Å². The van der Waals surface area contributed by atoms with Gasteiger partial charge in [0.05, 0.1) is 0 Å². The van der Waals surface area contributed by atoms with Crippen LogP contribution in [0.3, 0.4) is 0 Å². The van der Waals surface area contributed by atoms with Crippen LogP contribution in [0.2, 0.25) is 0 Å². The normalized spacial score (nSPS) is 7.00. The van der Waals surface area contributed by atoms with E-state index in [1.807, 2.05) is 32.8 Å². The van der Waals surface area contributed by atoms with Crippen molar-refractivity contribution < 1.29 is 4.79 Å². The first-order chi connectivity index (χ1) is 5.79. The third kappa shape index (κ3) is 7.48. The Morgan fingerprint density at radius 3 is 2.00 bits per heavy atom. The molecule has 0 heterocycles. The molecule has 1 rings (SSSR count). The molecule has 0 bridgehead atoms. The minimum Gasteiger partial charge on any atom is -0.307 e. The van der Waals surface area contributed by atoms with Crippen LogP contribution < -0.4 is 0 Å². The van der Waals surface area contributed by atoms with Crippen molar-refractivity contribution in [1.82, 2.24) is 0 Å². The van der Waals surface area contributed by atoms with Gasteiger partial charge in [0.15, 0.2) is 0 Å². The molecule has 0 saturated carbocycles. The minimum atomic E-state index is 1.15. The van der Waals surface area contributed by atoms with Crippen LogP contribution in [0.5, 0.6) is 0 Å². The van der Waals surface area contributed by atoms with Gasteiger partial charge in [0.1, 0.15) is 6.79 Å². The van der Waals surface area contributed by atoms with Crippen molar-refractivity contribution >= 4 is 22.7 Å². The Labute approximate surface area is 82.9 Å². The van der Waals surface area contributed by atoms with Gasteiger partial charge in [-0.2, -0.15) is 0 Å². The van der Waals surface area contributed by atoms with Gasteiger partial charge in [-0.05, 0) is 19.1 Å². The van der Waals surface area contributed by atoms with Crippen molar-refractivity contribution in [2.45, 2.75) is 20.8 Å². The van der Waals surface area contributed by atoms with Crippen molar-refractivity contribution in [1.29, 1.82) is 0 Å². The Kier molecular flexibility index (Phi) is 12.0. The van der Waals surface area contributed by atoms with Crippen LogP contribution in [0.25, 0.3) is 0 Å². The maximum absolute atomic E-state index is 8.00. The summed E-state index contributed by atoms with van der Waals surface area (Å²) in [5, 5.41) is 0. The number of carbonyl (C=O) groups excluding carboxylic acids is 1. The number of carbonyl (C=O) groups is 1. The molecule has 1 nitrogen and oxygen atoms in total. The molecule has 0 radical (unpaired) electrons. The van der Waals surface area contributed by atoms with E-state index in [1.54, 1.807) is 0 Å². The van der Waals surface area contributed by atoms with Crippen molar-refractivity contribution in [2.24, 2.45) is 0 Å². The summed E-state index contributed by atoms with van der Waals surface area (Å²) in [6.45, 7) is 8.07. The first-order valence-electron chi connectivity index (χ1n) is 3.80. The number of halogens is 1. The smallest absolute Gasteiger partial charge is 0.106 e. The molecule has 0 amide bonds. The number of aryl methyl sites for hydroxylation is 1. The summed E-state index contributed by atoms with van der Waals surface area (Å²) in [6.07, 6.45) is 0. The fourth-order valence-corrected chi connectivity index (χ4v) is 1.12. The van der Waals surface area contributed by atoms with Crippen LogP contribution in [0.15, 0.2) is 28.7 Å². The molecular weight excluding hydrogens is 216 g/mol. The van der Waals surface area contributed by atoms with Gasteiger partial charge >= 0.3 is 0 Å². The fraction of sp³-hybridized carbons (Fsp3) is 0.300. The number of hydrogen-bond donors (Lipinski definition) is 0. The molecule has 0 unspecified atom stereocenters. The van der Waals surface area contributed by atoms with E-state index >= 15 is 0 Å². The average molecular weight is 231 g/mol. The quantitative estimate of drug-likeness (QED) is 0.666. The fourth-order valence-electron chi connectivity index (χ4n) is 0.606. The first-order valence-corrected chi connectivity index (χ1v) is 4.59. The van der Waals surface area contributed by atoms with Gasteiger partial charge in [0.25, 0.3) is 0 Å². The Hall–Kier alpha value is -0.630. The third-order valence-electron chi connectivity index (χ3n) is 0.980. The molecule has 0 spiro atoms. The lowest BCUT2D eigenvalue weighted by atomic mass is 10.2. The Balaban J connectivity index is 0. The van der Waals surface area contributed by atoms with E-state index in [4.69, 9.17) is 4.79 Å². The molecule has 1 aromatic rings. The zero-order valence-corrected chi connectivity index (χ0v) is 9.39. The minimum absolute atomic E-state index is 1.15. The van der Waals surface area contributed by atoms with Crippen LogP contribution in [0.1, 0.15) is 19.4 Å². The lowest BCUT2D eigenvalue weighted by Gasteiger charge is -1.89. The number of rotatable bonds is 0. The average Bonchev–Trinajstić information content (AvgIpc) is 2.11. The zero-order valence-electron chi connectivity index (χ0n) is 7.80. The van der Waals surface area contributed by atoms with Crippen LogP contribution in [-0.4, -0.2) is 6.79 Å². The molecule has 12 heavy (non-hydrogen) atoms. The highest BCUT2D eigenvalue weighted by Crippen LogP contribution is 2.09. The highest BCUT2D eigenvalue weighted by atomic mass is 79.9. The Bertz CT molecular complexity index is 182. The summed E-state index contributed by atoms with van der Waals surface area (Å²) in [5.41, 5.74) is 1.29. The second kappa shape index (κ2) is 10.4. The van der Waals surface area contributed by atoms with Crippen molar-refractivity contribution in [3.05, 3.63) is 34.3 Å². The summed E-state index contributed by atoms with van der Waals surface area (Å²) in [6, 6.07) is 8.21. The van der Waals surface area contributed by atoms with Crippen LogP contribution in [0, 0.1) is 6.92 Å². The van der Waals surface area contributed by atoms with E-state index < -0.39 is 0 Å². The predicted molar refractivity (Wildman–Crippen MR) is 57.3 cm³/mol. The van der Waals surface area contributed by atoms with Crippen molar-refractivity contribution in [3.63, 3.8) is 0 Å². The maximum atomic E-state index is 8.00. The Morgan fingerprint density at radius 1 is 1.25 bits per heavy atom. The third-order valence-corrected chi connectivity index (χ3v) is 1.47. The Morgan fingerprint density at radius 2 is 1.75 bits per heavy atom. The molecule has 0 aromatic heterocycles. The van der Waals surface area contributed by atoms with Gasteiger partial charge in [-0.1, -0.05) is 47.5 Å². The van der Waals surface area contributed by atoms with Gasteiger partial charge in [0, 0.05) is 4.47 Å². The molecule has 0 N–H and O–H groups in total. The SMILES string of the molecule is C=O.CC.Cc1cccc(Br)c1. The van der Waals surface area contributed by atoms with E-state index in [2.05, 4.69) is 35.0 Å². The summed E-state index contributed by atoms with van der Waals surface area (Å²) < 4.78 is 1.15. The van der Waals surface area contributed by atoms with E-state index in [0.29, 0.717) is 0 Å². The molecule has 0 atom stereocenters. The van der Waals surface area contributed by atoms with Crippen molar-refractivity contribution in [3.8, 4) is 0 Å². The summed E-state index contributed by atoms with van der Waals surface area (Å²) in [7, 11) is 0. The lowest BCUT2D eigenvalue weighted by Crippen LogP contribution is -1.67. The summed E-state index contributed by atoms with van der Waals surface area (Å²) >= 11 is 3.36. The zero-order chi connectivity index (χ0) is 9.98. The van der Waals surface area contributed by atoms with Crippen LogP contribution >= 0.6 is 15.9 Å². The largest absolute Gasteiger partial charge is 0.307 e. The second-order valence-corrected chi connectivity index (χ2v) is 2.71. The molecular formula is C10H15BrO. The monoisotopic (exact) mass is 230 g/mol. The number of hydrogen-bond acceptors (Lipinski definition) is 1. The van der Waals surface area contributed by atoms with Gasteiger partial charge in [0.2, 0.25) is 0 Å². The maximum Gasteiger partial charge on any atom is 0.106 e. The van der Waals surface area contributed by atoms with E-state index in [-0.39, 0.29) is 0 Å². The highest BCUT2D eigenvalue weighted by molar-refractivity contribution is 9.10. The molecule has 0 fully saturated rings. The topological polar surface area (TPSA) is 17.1 Å². The van der Waals surface area contributed by atoms with E-state index in [9.17, 15) is 0 Å². The molecule has 0 aliphatic rings. The molecule has 1 aromatic carbocycles. The van der Waals surface area contributed by atoms with Crippen LogP contribution in [0.4, 0.5) is 0 Å². The first kappa shape index (κ1) is 13.9. The van der Waals surface area contributed by atoms with Crippen molar-refractivity contribution in [2.75, 3.05) is 0 Å². The van der Waals surface area contributed by atoms with Crippen LogP contribution in [-0.2, 0) is 4.79 Å².